The number of hydrogen-bond acceptors (Lipinski definition) is 3. The van der Waals surface area contributed by atoms with Crippen molar-refractivity contribution in [3.63, 3.8) is 0 Å². The van der Waals surface area contributed by atoms with E-state index in [1.54, 1.807) is 4.90 Å². The second kappa shape index (κ2) is 7.23. The standard InChI is InChI=1S/C10H21N3O2/c1-4-8(11)10(15)12-7-9(14)13(5-2)6-3/h8H,4-7,11H2,1-3H3,(H,12,15)/t8-/m1/s1. The Balaban J connectivity index is 3.94. The topological polar surface area (TPSA) is 75.4 Å². The van der Waals surface area contributed by atoms with Crippen LogP contribution in [0.3, 0.4) is 0 Å². The Morgan fingerprint density at radius 3 is 2.20 bits per heavy atom. The highest BCUT2D eigenvalue weighted by molar-refractivity contribution is 5.87. The number of nitrogens with two attached hydrogens (primary N) is 1. The first-order valence-corrected chi connectivity index (χ1v) is 5.37. The molecule has 5 nitrogen and oxygen atoms in total. The first-order chi connectivity index (χ1) is 7.06. The van der Waals surface area contributed by atoms with Gasteiger partial charge in [0, 0.05) is 13.1 Å². The van der Waals surface area contributed by atoms with E-state index in [0.717, 1.165) is 0 Å². The van der Waals surface area contributed by atoms with Crippen LogP contribution in [-0.4, -0.2) is 42.4 Å². The zero-order chi connectivity index (χ0) is 11.8. The van der Waals surface area contributed by atoms with Gasteiger partial charge in [0.25, 0.3) is 0 Å². The van der Waals surface area contributed by atoms with E-state index in [4.69, 9.17) is 5.73 Å². The third-order valence-corrected chi connectivity index (χ3v) is 2.31. The van der Waals surface area contributed by atoms with Gasteiger partial charge < -0.3 is 16.0 Å². The maximum absolute atomic E-state index is 11.5. The van der Waals surface area contributed by atoms with Crippen LogP contribution >= 0.6 is 0 Å². The van der Waals surface area contributed by atoms with Crippen molar-refractivity contribution in [2.45, 2.75) is 33.2 Å². The maximum atomic E-state index is 11.5. The van der Waals surface area contributed by atoms with Crippen molar-refractivity contribution in [3.05, 3.63) is 0 Å². The van der Waals surface area contributed by atoms with Gasteiger partial charge in [-0.15, -0.1) is 0 Å². The van der Waals surface area contributed by atoms with Gasteiger partial charge in [0.05, 0.1) is 12.6 Å². The summed E-state index contributed by atoms with van der Waals surface area (Å²) in [6, 6.07) is -0.519. The van der Waals surface area contributed by atoms with E-state index in [-0.39, 0.29) is 18.4 Å². The van der Waals surface area contributed by atoms with Crippen molar-refractivity contribution in [1.29, 1.82) is 0 Å². The Hall–Kier alpha value is -1.10. The molecule has 0 saturated heterocycles. The largest absolute Gasteiger partial charge is 0.346 e. The second-order valence-corrected chi connectivity index (χ2v) is 3.30. The average molecular weight is 215 g/mol. The molecular formula is C10H21N3O2. The van der Waals surface area contributed by atoms with Gasteiger partial charge in [0.2, 0.25) is 11.8 Å². The smallest absolute Gasteiger partial charge is 0.241 e. The Kier molecular flexibility index (Phi) is 6.70. The van der Waals surface area contributed by atoms with Crippen molar-refractivity contribution >= 4 is 11.8 Å². The third-order valence-electron chi connectivity index (χ3n) is 2.31. The quantitative estimate of drug-likeness (QED) is 0.639. The number of nitrogens with one attached hydrogen (secondary N) is 1. The summed E-state index contributed by atoms with van der Waals surface area (Å²) in [6.45, 7) is 6.99. The Morgan fingerprint density at radius 2 is 1.80 bits per heavy atom. The number of amides is 2. The Morgan fingerprint density at radius 1 is 1.27 bits per heavy atom. The molecule has 1 atom stereocenters. The number of likely N-dealkylation sites (N-methyl/N-ethyl adjacent to an activating group) is 1. The zero-order valence-corrected chi connectivity index (χ0v) is 9.75. The van der Waals surface area contributed by atoms with Crippen LogP contribution in [0.1, 0.15) is 27.2 Å². The summed E-state index contributed by atoms with van der Waals surface area (Å²) in [5.41, 5.74) is 5.51. The van der Waals surface area contributed by atoms with Gasteiger partial charge in [0.15, 0.2) is 0 Å². The molecule has 0 fully saturated rings. The van der Waals surface area contributed by atoms with E-state index >= 15 is 0 Å². The molecule has 0 heterocycles. The molecule has 0 saturated carbocycles. The summed E-state index contributed by atoms with van der Waals surface area (Å²) < 4.78 is 0. The molecule has 88 valence electrons. The van der Waals surface area contributed by atoms with Gasteiger partial charge >= 0.3 is 0 Å². The molecule has 0 aromatic carbocycles. The lowest BCUT2D eigenvalue weighted by Crippen LogP contribution is -2.45. The SMILES string of the molecule is CC[C@@H](N)C(=O)NCC(=O)N(CC)CC. The van der Waals surface area contributed by atoms with Gasteiger partial charge in [-0.1, -0.05) is 6.92 Å². The molecule has 0 radical (unpaired) electrons. The molecule has 2 amide bonds. The minimum absolute atomic E-state index is 0.0359. The number of carbonyl (C=O) groups excluding carboxylic acids is 2. The Labute approximate surface area is 91.0 Å². The molecule has 0 aliphatic heterocycles. The maximum Gasteiger partial charge on any atom is 0.241 e. The van der Waals surface area contributed by atoms with E-state index in [1.165, 1.54) is 0 Å². The van der Waals surface area contributed by atoms with E-state index in [9.17, 15) is 9.59 Å². The molecule has 0 bridgehead atoms. The highest BCUT2D eigenvalue weighted by Crippen LogP contribution is 1.89. The molecule has 0 unspecified atom stereocenters. The molecule has 0 aromatic heterocycles. The highest BCUT2D eigenvalue weighted by atomic mass is 16.2. The summed E-state index contributed by atoms with van der Waals surface area (Å²) >= 11 is 0. The van der Waals surface area contributed by atoms with Crippen LogP contribution in [0.5, 0.6) is 0 Å². The first kappa shape index (κ1) is 13.9. The van der Waals surface area contributed by atoms with Crippen molar-refractivity contribution < 1.29 is 9.59 Å². The molecule has 0 aliphatic carbocycles. The lowest BCUT2D eigenvalue weighted by atomic mass is 10.2. The fourth-order valence-electron chi connectivity index (χ4n) is 1.17. The van der Waals surface area contributed by atoms with E-state index in [0.29, 0.717) is 19.5 Å². The molecule has 0 aliphatic rings. The van der Waals surface area contributed by atoms with Crippen molar-refractivity contribution in [2.75, 3.05) is 19.6 Å². The van der Waals surface area contributed by atoms with Gasteiger partial charge in [-0.2, -0.15) is 0 Å². The highest BCUT2D eigenvalue weighted by Gasteiger charge is 2.14. The minimum Gasteiger partial charge on any atom is -0.346 e. The number of rotatable bonds is 6. The summed E-state index contributed by atoms with van der Waals surface area (Å²) in [4.78, 5) is 24.4. The van der Waals surface area contributed by atoms with Gasteiger partial charge in [0.1, 0.15) is 0 Å². The molecular weight excluding hydrogens is 194 g/mol. The summed E-state index contributed by atoms with van der Waals surface area (Å²) in [5.74, 6) is -0.338. The number of hydrogen-bond donors (Lipinski definition) is 2. The van der Waals surface area contributed by atoms with Crippen LogP contribution in [-0.2, 0) is 9.59 Å². The van der Waals surface area contributed by atoms with Gasteiger partial charge in [-0.25, -0.2) is 0 Å². The predicted octanol–water partition coefficient (Wildman–Crippen LogP) is -0.292. The third kappa shape index (κ3) is 4.78. The fourth-order valence-corrected chi connectivity index (χ4v) is 1.17. The van der Waals surface area contributed by atoms with Crippen LogP contribution < -0.4 is 11.1 Å². The second-order valence-electron chi connectivity index (χ2n) is 3.30. The van der Waals surface area contributed by atoms with Gasteiger partial charge in [-0.3, -0.25) is 9.59 Å². The number of nitrogens with zero attached hydrogens (tertiary/aromatic N) is 1. The first-order valence-electron chi connectivity index (χ1n) is 5.37. The average Bonchev–Trinajstić information content (AvgIpc) is 2.26. The number of carbonyl (C=O) groups is 2. The van der Waals surface area contributed by atoms with Crippen LogP contribution in [0.15, 0.2) is 0 Å². The van der Waals surface area contributed by atoms with Crippen molar-refractivity contribution in [3.8, 4) is 0 Å². The molecule has 0 aromatic rings. The van der Waals surface area contributed by atoms with Crippen molar-refractivity contribution in [1.82, 2.24) is 10.2 Å². The molecule has 5 heteroatoms. The molecule has 3 N–H and O–H groups in total. The lowest BCUT2D eigenvalue weighted by molar-refractivity contribution is -0.132. The van der Waals surface area contributed by atoms with E-state index < -0.39 is 6.04 Å². The monoisotopic (exact) mass is 215 g/mol. The van der Waals surface area contributed by atoms with E-state index in [1.807, 2.05) is 20.8 Å². The van der Waals surface area contributed by atoms with E-state index in [2.05, 4.69) is 5.32 Å². The van der Waals surface area contributed by atoms with Crippen LogP contribution in [0, 0.1) is 0 Å². The predicted molar refractivity (Wildman–Crippen MR) is 59.2 cm³/mol. The Bertz CT molecular complexity index is 215. The molecule has 15 heavy (non-hydrogen) atoms. The van der Waals surface area contributed by atoms with Gasteiger partial charge in [-0.05, 0) is 20.3 Å². The summed E-state index contributed by atoms with van der Waals surface area (Å²) in [7, 11) is 0. The normalized spacial score (nSPS) is 12.0. The molecule has 0 spiro atoms. The van der Waals surface area contributed by atoms with Crippen molar-refractivity contribution in [2.24, 2.45) is 5.73 Å². The van der Waals surface area contributed by atoms with Crippen LogP contribution in [0.4, 0.5) is 0 Å². The summed E-state index contributed by atoms with van der Waals surface area (Å²) in [6.07, 6.45) is 0.575. The fraction of sp³-hybridized carbons (Fsp3) is 0.800. The lowest BCUT2D eigenvalue weighted by Gasteiger charge is -2.19. The minimum atomic E-state index is -0.519. The van der Waals surface area contributed by atoms with Crippen LogP contribution in [0.25, 0.3) is 0 Å². The summed E-state index contributed by atoms with van der Waals surface area (Å²) in [5, 5.41) is 2.53. The zero-order valence-electron chi connectivity index (χ0n) is 9.75. The molecule has 0 rings (SSSR count). The van der Waals surface area contributed by atoms with Crippen LogP contribution in [0.2, 0.25) is 0 Å².